The minimum atomic E-state index is -2.22. The van der Waals surface area contributed by atoms with Crippen molar-refractivity contribution in [3.8, 4) is 0 Å². The fourth-order valence-corrected chi connectivity index (χ4v) is 5.57. The van der Waals surface area contributed by atoms with Crippen LogP contribution in [-0.2, 0) is 16.1 Å². The zero-order chi connectivity index (χ0) is 19.1. The topological polar surface area (TPSA) is 59.1 Å². The predicted molar refractivity (Wildman–Crippen MR) is 114 cm³/mol. The van der Waals surface area contributed by atoms with Crippen LogP contribution in [-0.4, -0.2) is 27.2 Å². The lowest BCUT2D eigenvalue weighted by Crippen LogP contribution is -2.22. The van der Waals surface area contributed by atoms with Crippen molar-refractivity contribution in [1.82, 2.24) is 10.3 Å². The van der Waals surface area contributed by atoms with E-state index in [4.69, 9.17) is 0 Å². The van der Waals surface area contributed by atoms with Crippen molar-refractivity contribution >= 4 is 58.8 Å². The standard InChI is InChI=1S/C19H19BrN2O2S2/c1-11-9-12(2)22-19-15(11)16(20)17(25-19)18(23)21-10-13-5-7-14(8-6-13)26(3,4)24/h5-9H,3,10H2,1-2,4H3,(H,21,23). The number of fused-ring (bicyclic) bond motifs is 1. The number of nitrogens with one attached hydrogen (secondary N) is 1. The number of rotatable bonds is 4. The molecule has 0 aliphatic carbocycles. The molecule has 1 atom stereocenters. The SMILES string of the molecule is C=S(C)(=O)c1ccc(CNC(=O)c2sc3nc(C)cc(C)c3c2Br)cc1. The molecule has 0 saturated heterocycles. The Bertz CT molecular complexity index is 1100. The van der Waals surface area contributed by atoms with E-state index in [2.05, 4.69) is 32.1 Å². The van der Waals surface area contributed by atoms with E-state index in [1.54, 1.807) is 18.4 Å². The molecule has 7 heteroatoms. The van der Waals surface area contributed by atoms with Gasteiger partial charge in [-0.15, -0.1) is 11.3 Å². The van der Waals surface area contributed by atoms with E-state index in [1.807, 2.05) is 32.0 Å². The second-order valence-corrected chi connectivity index (χ2v) is 10.6. The normalized spacial score (nSPS) is 13.5. The Kier molecular flexibility index (Phi) is 5.23. The van der Waals surface area contributed by atoms with E-state index < -0.39 is 9.52 Å². The zero-order valence-corrected chi connectivity index (χ0v) is 18.0. The molecule has 4 nitrogen and oxygen atoms in total. The minimum Gasteiger partial charge on any atom is -0.347 e. The number of hydrogen-bond acceptors (Lipinski definition) is 4. The third kappa shape index (κ3) is 3.84. The van der Waals surface area contributed by atoms with Gasteiger partial charge in [0, 0.05) is 28.8 Å². The minimum absolute atomic E-state index is 0.141. The molecule has 1 aromatic carbocycles. The number of pyridine rings is 1. The number of hydrogen-bond donors (Lipinski definition) is 1. The first-order valence-electron chi connectivity index (χ1n) is 7.92. The van der Waals surface area contributed by atoms with Crippen LogP contribution >= 0.6 is 27.3 Å². The van der Waals surface area contributed by atoms with Gasteiger partial charge in [-0.3, -0.25) is 9.00 Å². The Hall–Kier alpha value is -1.70. The number of amides is 1. The number of aromatic nitrogens is 1. The number of carbonyl (C=O) groups excluding carboxylic acids is 1. The highest BCUT2D eigenvalue weighted by molar-refractivity contribution is 9.10. The van der Waals surface area contributed by atoms with E-state index >= 15 is 0 Å². The van der Waals surface area contributed by atoms with Crippen molar-refractivity contribution in [3.63, 3.8) is 0 Å². The molecule has 0 saturated carbocycles. The maximum atomic E-state index is 12.6. The highest BCUT2D eigenvalue weighted by Gasteiger charge is 2.19. The molecule has 3 rings (SSSR count). The van der Waals surface area contributed by atoms with Gasteiger partial charge >= 0.3 is 0 Å². The monoisotopic (exact) mass is 450 g/mol. The molecule has 0 fully saturated rings. The number of nitrogens with zero attached hydrogens (tertiary/aromatic N) is 1. The molecule has 1 N–H and O–H groups in total. The van der Waals surface area contributed by atoms with E-state index in [1.165, 1.54) is 11.3 Å². The van der Waals surface area contributed by atoms with Crippen LogP contribution in [0.25, 0.3) is 10.2 Å². The highest BCUT2D eigenvalue weighted by Crippen LogP contribution is 2.36. The number of benzene rings is 1. The third-order valence-electron chi connectivity index (χ3n) is 4.01. The number of thiophene rings is 1. The molecular weight excluding hydrogens is 432 g/mol. The van der Waals surface area contributed by atoms with Crippen molar-refractivity contribution in [2.24, 2.45) is 0 Å². The lowest BCUT2D eigenvalue weighted by atomic mass is 10.2. The molecular formula is C19H19BrN2O2S2. The fourth-order valence-electron chi connectivity index (χ4n) is 2.70. The molecule has 0 spiro atoms. The maximum Gasteiger partial charge on any atom is 0.262 e. The van der Waals surface area contributed by atoms with Crippen LogP contribution < -0.4 is 5.32 Å². The first kappa shape index (κ1) is 19.1. The van der Waals surface area contributed by atoms with Gasteiger partial charge in [-0.2, -0.15) is 0 Å². The van der Waals surface area contributed by atoms with Crippen LogP contribution in [0.3, 0.4) is 0 Å². The number of halogens is 1. The molecule has 1 unspecified atom stereocenters. The molecule has 0 bridgehead atoms. The summed E-state index contributed by atoms with van der Waals surface area (Å²) in [5.74, 6) is 3.53. The molecule has 3 aromatic rings. The largest absolute Gasteiger partial charge is 0.347 e. The van der Waals surface area contributed by atoms with E-state index in [0.717, 1.165) is 31.5 Å². The van der Waals surface area contributed by atoms with E-state index in [-0.39, 0.29) is 5.91 Å². The summed E-state index contributed by atoms with van der Waals surface area (Å²) in [6.45, 7) is 4.36. The van der Waals surface area contributed by atoms with Crippen LogP contribution in [0.1, 0.15) is 26.5 Å². The first-order valence-corrected chi connectivity index (χ1v) is 11.7. The van der Waals surface area contributed by atoms with Crippen molar-refractivity contribution in [2.45, 2.75) is 25.3 Å². The van der Waals surface area contributed by atoms with Gasteiger partial charge in [-0.25, -0.2) is 4.98 Å². The number of carbonyl (C=O) groups is 1. The second-order valence-electron chi connectivity index (χ2n) is 6.34. The molecule has 26 heavy (non-hydrogen) atoms. The third-order valence-corrected chi connectivity index (χ3v) is 7.42. The Morgan fingerprint density at radius 2 is 1.96 bits per heavy atom. The van der Waals surface area contributed by atoms with Crippen molar-refractivity contribution < 1.29 is 9.00 Å². The molecule has 0 aliphatic rings. The average Bonchev–Trinajstić information content (AvgIpc) is 2.89. The molecule has 2 heterocycles. The van der Waals surface area contributed by atoms with Crippen molar-refractivity contribution in [3.05, 3.63) is 56.5 Å². The zero-order valence-electron chi connectivity index (χ0n) is 14.8. The van der Waals surface area contributed by atoms with Crippen LogP contribution in [0.2, 0.25) is 0 Å². The van der Waals surface area contributed by atoms with Gasteiger partial charge in [-0.1, -0.05) is 12.1 Å². The van der Waals surface area contributed by atoms with Crippen LogP contribution in [0.5, 0.6) is 0 Å². The fraction of sp³-hybridized carbons (Fsp3) is 0.211. The smallest absolute Gasteiger partial charge is 0.262 e. The Morgan fingerprint density at radius 1 is 1.31 bits per heavy atom. The summed E-state index contributed by atoms with van der Waals surface area (Å²) in [7, 11) is -2.22. The Labute approximate surface area is 165 Å². The summed E-state index contributed by atoms with van der Waals surface area (Å²) >= 11 is 4.94. The summed E-state index contributed by atoms with van der Waals surface area (Å²) in [6.07, 6.45) is 1.61. The van der Waals surface area contributed by atoms with Crippen LogP contribution in [0.4, 0.5) is 0 Å². The summed E-state index contributed by atoms with van der Waals surface area (Å²) < 4.78 is 12.7. The van der Waals surface area contributed by atoms with Gasteiger partial charge in [0.15, 0.2) is 0 Å². The predicted octanol–water partition coefficient (Wildman–Crippen LogP) is 4.31. The van der Waals surface area contributed by atoms with E-state index in [9.17, 15) is 9.00 Å². The van der Waals surface area contributed by atoms with Gasteiger partial charge in [0.25, 0.3) is 5.91 Å². The van der Waals surface area contributed by atoms with Gasteiger partial charge in [-0.05, 0) is 74.5 Å². The number of aryl methyl sites for hydroxylation is 2. The highest BCUT2D eigenvalue weighted by atomic mass is 79.9. The summed E-state index contributed by atoms with van der Waals surface area (Å²) in [6, 6.07) is 9.32. The van der Waals surface area contributed by atoms with Crippen LogP contribution in [0, 0.1) is 13.8 Å². The lowest BCUT2D eigenvalue weighted by molar-refractivity contribution is 0.0954. The average molecular weight is 451 g/mol. The van der Waals surface area contributed by atoms with Gasteiger partial charge in [0.1, 0.15) is 9.71 Å². The summed E-state index contributed by atoms with van der Waals surface area (Å²) in [4.78, 5) is 19.3. The second kappa shape index (κ2) is 7.13. The van der Waals surface area contributed by atoms with Gasteiger partial charge < -0.3 is 5.32 Å². The van der Waals surface area contributed by atoms with Crippen molar-refractivity contribution in [1.29, 1.82) is 0 Å². The summed E-state index contributed by atoms with van der Waals surface area (Å²) in [5, 5.41) is 3.93. The summed E-state index contributed by atoms with van der Waals surface area (Å²) in [5.41, 5.74) is 2.98. The van der Waals surface area contributed by atoms with E-state index in [0.29, 0.717) is 16.3 Å². The Balaban J connectivity index is 1.79. The molecule has 0 aliphatic heterocycles. The van der Waals surface area contributed by atoms with Gasteiger partial charge in [0.05, 0.1) is 4.47 Å². The quantitative estimate of drug-likeness (QED) is 0.602. The van der Waals surface area contributed by atoms with Gasteiger partial charge in [0.2, 0.25) is 0 Å². The first-order chi connectivity index (χ1) is 12.2. The Morgan fingerprint density at radius 3 is 2.58 bits per heavy atom. The molecule has 1 amide bonds. The molecule has 2 aromatic heterocycles. The molecule has 136 valence electrons. The molecule has 0 radical (unpaired) electrons. The van der Waals surface area contributed by atoms with Crippen LogP contribution in [0.15, 0.2) is 39.7 Å². The maximum absolute atomic E-state index is 12.6. The van der Waals surface area contributed by atoms with Crippen molar-refractivity contribution in [2.75, 3.05) is 6.26 Å². The lowest BCUT2D eigenvalue weighted by Gasteiger charge is -2.07.